The first-order chi connectivity index (χ1) is 15.0. The molecule has 2 aliphatic heterocycles. The van der Waals surface area contributed by atoms with Gasteiger partial charge in [-0.2, -0.15) is 0 Å². The fourth-order valence-corrected chi connectivity index (χ4v) is 4.04. The van der Waals surface area contributed by atoms with E-state index in [2.05, 4.69) is 15.6 Å². The van der Waals surface area contributed by atoms with Crippen LogP contribution in [-0.4, -0.2) is 57.8 Å². The number of aromatic nitrogens is 1. The predicted molar refractivity (Wildman–Crippen MR) is 110 cm³/mol. The van der Waals surface area contributed by atoms with Crippen LogP contribution in [0.3, 0.4) is 0 Å². The van der Waals surface area contributed by atoms with Crippen LogP contribution in [0.5, 0.6) is 0 Å². The van der Waals surface area contributed by atoms with Gasteiger partial charge in [-0.1, -0.05) is 18.2 Å². The molecule has 4 amide bonds. The number of hydrogen-bond acceptors (Lipinski definition) is 5. The molecule has 2 atom stereocenters. The first-order valence-electron chi connectivity index (χ1n) is 10.3. The number of hydrogen-bond donors (Lipinski definition) is 2. The van der Waals surface area contributed by atoms with Crippen molar-refractivity contribution in [3.63, 3.8) is 0 Å². The second-order valence-corrected chi connectivity index (χ2v) is 7.74. The number of imide groups is 1. The minimum Gasteiger partial charge on any atom is -0.350 e. The summed E-state index contributed by atoms with van der Waals surface area (Å²) in [5.74, 6) is -0.956. The number of benzene rings is 1. The number of halogens is 1. The van der Waals surface area contributed by atoms with Gasteiger partial charge in [-0.15, -0.1) is 0 Å². The van der Waals surface area contributed by atoms with Gasteiger partial charge < -0.3 is 15.5 Å². The van der Waals surface area contributed by atoms with Crippen LogP contribution in [0.1, 0.15) is 24.0 Å². The molecule has 31 heavy (non-hydrogen) atoms. The number of fused-ring (bicyclic) bond motifs is 1. The zero-order valence-electron chi connectivity index (χ0n) is 17.0. The molecule has 0 aliphatic carbocycles. The Hall–Kier alpha value is -3.33. The van der Waals surface area contributed by atoms with Gasteiger partial charge >= 0.3 is 6.03 Å². The van der Waals surface area contributed by atoms with Gasteiger partial charge in [0.2, 0.25) is 11.8 Å². The summed E-state index contributed by atoms with van der Waals surface area (Å²) in [6, 6.07) is 8.02. The minimum atomic E-state index is -0.534. The monoisotopic (exact) mass is 425 g/mol. The maximum atomic E-state index is 13.2. The minimum absolute atomic E-state index is 0.101. The van der Waals surface area contributed by atoms with Crippen LogP contribution >= 0.6 is 0 Å². The number of carbonyl (C=O) groups is 3. The van der Waals surface area contributed by atoms with Crippen molar-refractivity contribution < 1.29 is 18.8 Å². The molecule has 2 N–H and O–H groups in total. The molecule has 2 aromatic rings. The summed E-state index contributed by atoms with van der Waals surface area (Å²) in [5, 5.41) is 5.97. The lowest BCUT2D eigenvalue weighted by molar-refractivity contribution is -0.139. The second kappa shape index (κ2) is 9.22. The van der Waals surface area contributed by atoms with Crippen molar-refractivity contribution in [2.75, 3.05) is 13.1 Å². The predicted octanol–water partition coefficient (Wildman–Crippen LogP) is 1.42. The zero-order chi connectivity index (χ0) is 21.8. The van der Waals surface area contributed by atoms with E-state index < -0.39 is 12.1 Å². The summed E-state index contributed by atoms with van der Waals surface area (Å²) in [6.45, 7) is 0.863. The Morgan fingerprint density at radius 1 is 1.19 bits per heavy atom. The molecule has 9 heteroatoms. The van der Waals surface area contributed by atoms with Crippen molar-refractivity contribution in [3.8, 4) is 0 Å². The largest absolute Gasteiger partial charge is 0.350 e. The van der Waals surface area contributed by atoms with Gasteiger partial charge in [-0.05, 0) is 48.7 Å². The van der Waals surface area contributed by atoms with Crippen molar-refractivity contribution in [2.45, 2.75) is 38.0 Å². The van der Waals surface area contributed by atoms with E-state index in [1.807, 2.05) is 0 Å². The number of rotatable bonds is 6. The molecule has 2 unspecified atom stereocenters. The van der Waals surface area contributed by atoms with E-state index in [0.717, 1.165) is 17.5 Å². The van der Waals surface area contributed by atoms with E-state index >= 15 is 0 Å². The molecule has 4 rings (SSSR count). The van der Waals surface area contributed by atoms with Gasteiger partial charge in [0.15, 0.2) is 0 Å². The first-order valence-corrected chi connectivity index (χ1v) is 10.3. The maximum Gasteiger partial charge on any atom is 0.327 e. The van der Waals surface area contributed by atoms with Crippen LogP contribution in [0.4, 0.5) is 9.18 Å². The Kier molecular flexibility index (Phi) is 6.22. The molecule has 2 saturated heterocycles. The Balaban J connectivity index is 1.47. The van der Waals surface area contributed by atoms with E-state index in [1.54, 1.807) is 36.7 Å². The number of pyridine rings is 1. The van der Waals surface area contributed by atoms with Gasteiger partial charge in [-0.25, -0.2) is 9.18 Å². The summed E-state index contributed by atoms with van der Waals surface area (Å²) in [7, 11) is 0. The van der Waals surface area contributed by atoms with Gasteiger partial charge in [-0.3, -0.25) is 19.5 Å². The number of piperidine rings is 1. The lowest BCUT2D eigenvalue weighted by Crippen LogP contribution is -2.70. The number of nitrogens with zero attached hydrogens (tertiary/aromatic N) is 3. The highest BCUT2D eigenvalue weighted by molar-refractivity contribution is 6.01. The van der Waals surface area contributed by atoms with Crippen molar-refractivity contribution >= 4 is 17.8 Å². The molecule has 1 aromatic carbocycles. The number of urea groups is 1. The molecule has 0 spiro atoms. The van der Waals surface area contributed by atoms with E-state index in [0.29, 0.717) is 13.0 Å². The van der Waals surface area contributed by atoms with Crippen molar-refractivity contribution in [2.24, 2.45) is 0 Å². The van der Waals surface area contributed by atoms with E-state index in [9.17, 15) is 18.8 Å². The molecule has 0 radical (unpaired) electrons. The Morgan fingerprint density at radius 2 is 2.00 bits per heavy atom. The highest BCUT2D eigenvalue weighted by atomic mass is 19.1. The van der Waals surface area contributed by atoms with E-state index in [1.165, 1.54) is 21.9 Å². The average Bonchev–Trinajstić information content (AvgIpc) is 2.80. The summed E-state index contributed by atoms with van der Waals surface area (Å²) in [4.78, 5) is 45.5. The van der Waals surface area contributed by atoms with Crippen LogP contribution in [0, 0.1) is 5.82 Å². The second-order valence-electron chi connectivity index (χ2n) is 7.74. The summed E-state index contributed by atoms with van der Waals surface area (Å²) < 4.78 is 13.0. The number of carbonyl (C=O) groups excluding carboxylic acids is 3. The summed E-state index contributed by atoms with van der Waals surface area (Å²) in [5.41, 5.74) is 1.49. The fraction of sp³-hybridized carbons (Fsp3) is 0.364. The third-order valence-electron chi connectivity index (χ3n) is 5.62. The summed E-state index contributed by atoms with van der Waals surface area (Å²) in [6.07, 6.45) is 4.71. The molecule has 1 aromatic heterocycles. The van der Waals surface area contributed by atoms with Crippen molar-refractivity contribution in [1.29, 1.82) is 0 Å². The number of nitrogens with one attached hydrogen (secondary N) is 2. The van der Waals surface area contributed by atoms with Crippen LogP contribution in [0.15, 0.2) is 48.8 Å². The molecule has 3 heterocycles. The van der Waals surface area contributed by atoms with Gasteiger partial charge in [0.25, 0.3) is 0 Å². The maximum absolute atomic E-state index is 13.2. The molecular formula is C22H24FN5O3. The standard InChI is InChI=1S/C22H24FN5O3/c23-17-7-5-15(6-8-17)12-26-19(29)14-27-18-4-2-10-25-20(18)21(30)28(22(27)31)13-16-3-1-9-24-11-16/h1,3,5-9,11,18,20,25H,2,4,10,12-14H2,(H,26,29). The van der Waals surface area contributed by atoms with Gasteiger partial charge in [0, 0.05) is 18.9 Å². The Bertz CT molecular complexity index is 953. The first kappa shape index (κ1) is 20.9. The molecule has 2 fully saturated rings. The molecule has 0 saturated carbocycles. The topological polar surface area (TPSA) is 94.6 Å². The van der Waals surface area contributed by atoms with Crippen LogP contribution in [-0.2, 0) is 22.7 Å². The Labute approximate surface area is 179 Å². The van der Waals surface area contributed by atoms with E-state index in [4.69, 9.17) is 0 Å². The smallest absolute Gasteiger partial charge is 0.327 e. The lowest BCUT2D eigenvalue weighted by Gasteiger charge is -2.46. The third-order valence-corrected chi connectivity index (χ3v) is 5.62. The quantitative estimate of drug-likeness (QED) is 0.730. The lowest BCUT2D eigenvalue weighted by atomic mass is 9.93. The normalized spacial score (nSPS) is 21.1. The molecule has 0 bridgehead atoms. The average molecular weight is 425 g/mol. The highest BCUT2D eigenvalue weighted by Gasteiger charge is 2.47. The van der Waals surface area contributed by atoms with Crippen LogP contribution in [0.2, 0.25) is 0 Å². The molecular weight excluding hydrogens is 401 g/mol. The van der Waals surface area contributed by atoms with Crippen LogP contribution in [0.25, 0.3) is 0 Å². The third kappa shape index (κ3) is 4.72. The fourth-order valence-electron chi connectivity index (χ4n) is 4.04. The number of amides is 4. The highest BCUT2D eigenvalue weighted by Crippen LogP contribution is 2.25. The van der Waals surface area contributed by atoms with Gasteiger partial charge in [0.05, 0.1) is 12.6 Å². The molecule has 2 aliphatic rings. The van der Waals surface area contributed by atoms with Crippen molar-refractivity contribution in [1.82, 2.24) is 25.4 Å². The summed E-state index contributed by atoms with van der Waals surface area (Å²) >= 11 is 0. The van der Waals surface area contributed by atoms with Crippen molar-refractivity contribution in [3.05, 3.63) is 65.7 Å². The van der Waals surface area contributed by atoms with E-state index in [-0.39, 0.29) is 43.3 Å². The zero-order valence-corrected chi connectivity index (χ0v) is 17.0. The molecule has 162 valence electrons. The Morgan fingerprint density at radius 3 is 2.74 bits per heavy atom. The SMILES string of the molecule is O=C(CN1C(=O)N(Cc2cccnc2)C(=O)C2NCCCC21)NCc1ccc(F)cc1. The molecule has 8 nitrogen and oxygen atoms in total. The van der Waals surface area contributed by atoms with Gasteiger partial charge in [0.1, 0.15) is 18.4 Å². The van der Waals surface area contributed by atoms with Crippen LogP contribution < -0.4 is 10.6 Å².